The number of anilines is 1. The van der Waals surface area contributed by atoms with Crippen molar-refractivity contribution in [2.45, 2.75) is 5.16 Å². The van der Waals surface area contributed by atoms with Crippen molar-refractivity contribution in [1.82, 2.24) is 9.97 Å². The number of carbonyl (C=O) groups excluding carboxylic acids is 1. The highest BCUT2D eigenvalue weighted by Crippen LogP contribution is 2.26. The molecule has 1 heterocycles. The summed E-state index contributed by atoms with van der Waals surface area (Å²) in [7, 11) is 0. The Kier molecular flexibility index (Phi) is 4.73. The van der Waals surface area contributed by atoms with E-state index in [4.69, 9.17) is 11.6 Å². The Balaban J connectivity index is 1.70. The Morgan fingerprint density at radius 3 is 2.92 bits per heavy atom. The Morgan fingerprint density at radius 2 is 2.08 bits per heavy atom. The molecule has 3 N–H and O–H groups in total. The molecule has 24 heavy (non-hydrogen) atoms. The van der Waals surface area contributed by atoms with Gasteiger partial charge in [0.25, 0.3) is 5.56 Å². The maximum atomic E-state index is 12.0. The van der Waals surface area contributed by atoms with Gasteiger partial charge in [-0.1, -0.05) is 35.5 Å². The fraction of sp³-hybridized carbons (Fsp3) is 0.0625. The highest BCUT2D eigenvalue weighted by Gasteiger charge is 2.10. The summed E-state index contributed by atoms with van der Waals surface area (Å²) in [5.74, 6) is -0.406. The monoisotopic (exact) mass is 361 g/mol. The van der Waals surface area contributed by atoms with Crippen molar-refractivity contribution in [2.24, 2.45) is 0 Å². The molecule has 1 amide bonds. The maximum Gasteiger partial charge on any atom is 0.259 e. The van der Waals surface area contributed by atoms with Gasteiger partial charge >= 0.3 is 0 Å². The number of benzene rings is 2. The summed E-state index contributed by atoms with van der Waals surface area (Å²) in [5.41, 5.74) is 0.542. The average Bonchev–Trinajstić information content (AvgIpc) is 2.56. The third-order valence-corrected chi connectivity index (χ3v) is 4.27. The number of aromatic nitrogens is 2. The normalized spacial score (nSPS) is 10.7. The lowest BCUT2D eigenvalue weighted by Crippen LogP contribution is -2.15. The van der Waals surface area contributed by atoms with Gasteiger partial charge in [0.2, 0.25) is 5.91 Å². The molecule has 0 saturated heterocycles. The van der Waals surface area contributed by atoms with E-state index >= 15 is 0 Å². The molecule has 0 aliphatic rings. The van der Waals surface area contributed by atoms with Crippen LogP contribution in [0.25, 0.3) is 10.9 Å². The van der Waals surface area contributed by atoms with Crippen molar-refractivity contribution in [1.29, 1.82) is 0 Å². The molecule has 3 aromatic rings. The predicted molar refractivity (Wildman–Crippen MR) is 94.8 cm³/mol. The molecule has 6 nitrogen and oxygen atoms in total. The summed E-state index contributed by atoms with van der Waals surface area (Å²) in [5, 5.41) is 13.5. The summed E-state index contributed by atoms with van der Waals surface area (Å²) in [6.07, 6.45) is 0. The Morgan fingerprint density at radius 1 is 1.29 bits per heavy atom. The number of rotatable bonds is 4. The molecule has 1 aromatic heterocycles. The molecule has 0 fully saturated rings. The number of nitrogens with one attached hydrogen (secondary N) is 2. The number of H-pyrrole nitrogens is 1. The average molecular weight is 362 g/mol. The van der Waals surface area contributed by atoms with Gasteiger partial charge in [0.15, 0.2) is 5.16 Å². The smallest absolute Gasteiger partial charge is 0.259 e. The number of fused-ring (bicyclic) bond motifs is 1. The minimum absolute atomic E-state index is 0.0211. The van der Waals surface area contributed by atoms with Crippen molar-refractivity contribution < 1.29 is 9.90 Å². The summed E-state index contributed by atoms with van der Waals surface area (Å²) in [6, 6.07) is 11.3. The minimum Gasteiger partial charge on any atom is -0.506 e. The van der Waals surface area contributed by atoms with E-state index in [0.29, 0.717) is 21.1 Å². The van der Waals surface area contributed by atoms with Gasteiger partial charge in [0, 0.05) is 5.02 Å². The molecule has 3 rings (SSSR count). The molecule has 0 bridgehead atoms. The van der Waals surface area contributed by atoms with Crippen LogP contribution in [0.4, 0.5) is 5.69 Å². The predicted octanol–water partition coefficient (Wildman–Crippen LogP) is 3.01. The first-order valence-corrected chi connectivity index (χ1v) is 8.29. The van der Waals surface area contributed by atoms with E-state index < -0.39 is 0 Å². The first-order chi connectivity index (χ1) is 11.5. The summed E-state index contributed by atoms with van der Waals surface area (Å²) < 4.78 is 0. The lowest BCUT2D eigenvalue weighted by molar-refractivity contribution is -0.113. The minimum atomic E-state index is -0.353. The number of aromatic amines is 1. The zero-order valence-corrected chi connectivity index (χ0v) is 13.8. The number of phenols is 1. The zero-order valence-electron chi connectivity index (χ0n) is 12.2. The summed E-state index contributed by atoms with van der Waals surface area (Å²) in [4.78, 5) is 30.9. The number of hydrogen-bond acceptors (Lipinski definition) is 5. The van der Waals surface area contributed by atoms with Crippen molar-refractivity contribution in [3.63, 3.8) is 0 Å². The van der Waals surface area contributed by atoms with E-state index in [1.54, 1.807) is 24.3 Å². The Hall–Kier alpha value is -2.51. The number of halogens is 1. The van der Waals surface area contributed by atoms with Gasteiger partial charge < -0.3 is 15.4 Å². The number of para-hydroxylation sites is 1. The highest BCUT2D eigenvalue weighted by molar-refractivity contribution is 7.99. The molecule has 0 spiro atoms. The molecule has 0 unspecified atom stereocenters. The van der Waals surface area contributed by atoms with Crippen LogP contribution in [0.1, 0.15) is 0 Å². The summed E-state index contributed by atoms with van der Waals surface area (Å²) in [6.45, 7) is 0. The maximum absolute atomic E-state index is 12.0. The van der Waals surface area contributed by atoms with Crippen LogP contribution in [-0.2, 0) is 4.79 Å². The van der Waals surface area contributed by atoms with E-state index in [-0.39, 0.29) is 28.7 Å². The topological polar surface area (TPSA) is 95.1 Å². The largest absolute Gasteiger partial charge is 0.506 e. The van der Waals surface area contributed by atoms with Crippen LogP contribution < -0.4 is 10.9 Å². The van der Waals surface area contributed by atoms with Gasteiger partial charge in [-0.2, -0.15) is 0 Å². The van der Waals surface area contributed by atoms with E-state index in [1.807, 2.05) is 0 Å². The number of phenolic OH excluding ortho intramolecular Hbond substituents is 1. The number of amides is 1. The number of nitrogens with zero attached hydrogens (tertiary/aromatic N) is 1. The second-order valence-electron chi connectivity index (χ2n) is 4.89. The van der Waals surface area contributed by atoms with E-state index in [2.05, 4.69) is 15.3 Å². The molecule has 0 aliphatic heterocycles. The van der Waals surface area contributed by atoms with Crippen molar-refractivity contribution >= 4 is 45.9 Å². The number of hydrogen-bond donors (Lipinski definition) is 3. The number of thioether (sulfide) groups is 1. The standard InChI is InChI=1S/C16H12ClN3O3S/c17-9-5-6-13(21)12(7-9)18-14(22)8-24-16-19-11-4-2-1-3-10(11)15(23)20-16/h1-7,21H,8H2,(H,18,22)(H,19,20,23). The van der Waals surface area contributed by atoms with Gasteiger partial charge in [-0.15, -0.1) is 0 Å². The van der Waals surface area contributed by atoms with Crippen LogP contribution in [-0.4, -0.2) is 26.7 Å². The van der Waals surface area contributed by atoms with E-state index in [9.17, 15) is 14.7 Å². The molecular formula is C16H12ClN3O3S. The molecule has 0 atom stereocenters. The van der Waals surface area contributed by atoms with Crippen molar-refractivity contribution in [3.05, 3.63) is 57.8 Å². The fourth-order valence-electron chi connectivity index (χ4n) is 2.06. The van der Waals surface area contributed by atoms with Crippen LogP contribution in [0.15, 0.2) is 52.4 Å². The highest BCUT2D eigenvalue weighted by atomic mass is 35.5. The second-order valence-corrected chi connectivity index (χ2v) is 6.29. The first-order valence-electron chi connectivity index (χ1n) is 6.93. The molecule has 0 radical (unpaired) electrons. The van der Waals surface area contributed by atoms with Crippen LogP contribution in [0.5, 0.6) is 5.75 Å². The fourth-order valence-corrected chi connectivity index (χ4v) is 2.90. The Bertz CT molecular complexity index is 974. The molecule has 8 heteroatoms. The van der Waals surface area contributed by atoms with Crippen LogP contribution in [0.2, 0.25) is 5.02 Å². The van der Waals surface area contributed by atoms with Crippen LogP contribution in [0.3, 0.4) is 0 Å². The summed E-state index contributed by atoms with van der Waals surface area (Å²) >= 11 is 6.92. The van der Waals surface area contributed by atoms with Gasteiger partial charge in [-0.3, -0.25) is 9.59 Å². The zero-order chi connectivity index (χ0) is 17.1. The van der Waals surface area contributed by atoms with Gasteiger partial charge in [-0.25, -0.2) is 4.98 Å². The lowest BCUT2D eigenvalue weighted by Gasteiger charge is -2.07. The molecule has 0 saturated carbocycles. The van der Waals surface area contributed by atoms with Crippen molar-refractivity contribution in [3.8, 4) is 5.75 Å². The van der Waals surface area contributed by atoms with Gasteiger partial charge in [0.05, 0.1) is 22.3 Å². The van der Waals surface area contributed by atoms with Gasteiger partial charge in [0.1, 0.15) is 5.75 Å². The third kappa shape index (κ3) is 3.69. The SMILES string of the molecule is O=C(CSc1nc2ccccc2c(=O)[nH]1)Nc1cc(Cl)ccc1O. The van der Waals surface area contributed by atoms with Crippen molar-refractivity contribution in [2.75, 3.05) is 11.1 Å². The van der Waals surface area contributed by atoms with Crippen LogP contribution in [0, 0.1) is 0 Å². The van der Waals surface area contributed by atoms with E-state index in [0.717, 1.165) is 11.8 Å². The number of aromatic hydroxyl groups is 1. The first kappa shape index (κ1) is 16.4. The molecular weight excluding hydrogens is 350 g/mol. The molecule has 122 valence electrons. The van der Waals surface area contributed by atoms with E-state index in [1.165, 1.54) is 18.2 Å². The molecule has 0 aliphatic carbocycles. The quantitative estimate of drug-likeness (QED) is 0.377. The van der Waals surface area contributed by atoms with Gasteiger partial charge in [-0.05, 0) is 30.3 Å². The number of carbonyl (C=O) groups is 1. The lowest BCUT2D eigenvalue weighted by atomic mass is 10.2. The van der Waals surface area contributed by atoms with Crippen LogP contribution >= 0.6 is 23.4 Å². The molecule has 2 aromatic carbocycles. The Labute approximate surface area is 145 Å². The third-order valence-electron chi connectivity index (χ3n) is 3.16. The second kappa shape index (κ2) is 6.94.